The van der Waals surface area contributed by atoms with Crippen molar-refractivity contribution in [2.75, 3.05) is 0 Å². The molecule has 2 aliphatic rings. The fraction of sp³-hybridized carbons (Fsp3) is 0.133. The molecular formula is C30H25N5OS. The van der Waals surface area contributed by atoms with Gasteiger partial charge in [0, 0.05) is 34.3 Å². The van der Waals surface area contributed by atoms with Gasteiger partial charge < -0.3 is 4.57 Å². The number of aryl methyl sites for hydroxylation is 2. The number of aliphatic imine (C=N–C) groups is 1. The van der Waals surface area contributed by atoms with Gasteiger partial charge in [-0.05, 0) is 55.8 Å². The van der Waals surface area contributed by atoms with Crippen LogP contribution in [0, 0.1) is 26.2 Å². The number of hydrogen-bond donors (Lipinski definition) is 1. The van der Waals surface area contributed by atoms with Crippen LogP contribution in [0.25, 0.3) is 17.0 Å². The van der Waals surface area contributed by atoms with E-state index in [2.05, 4.69) is 58.8 Å². The summed E-state index contributed by atoms with van der Waals surface area (Å²) in [5.41, 5.74) is 7.86. The minimum atomic E-state index is -0.417. The lowest BCUT2D eigenvalue weighted by Crippen LogP contribution is -2.35. The van der Waals surface area contributed by atoms with Gasteiger partial charge in [0.05, 0.1) is 5.57 Å². The molecule has 1 amide bonds. The number of nitrogens with zero attached hydrogens (tertiary/aromatic N) is 4. The average Bonchev–Trinajstić information content (AvgIpc) is 3.43. The van der Waals surface area contributed by atoms with Crippen LogP contribution in [0.2, 0.25) is 0 Å². The molecule has 0 unspecified atom stereocenters. The predicted molar refractivity (Wildman–Crippen MR) is 152 cm³/mol. The summed E-state index contributed by atoms with van der Waals surface area (Å²) in [7, 11) is 0. The molecule has 37 heavy (non-hydrogen) atoms. The minimum Gasteiger partial charge on any atom is -0.340 e. The molecule has 0 bridgehead atoms. The van der Waals surface area contributed by atoms with Crippen molar-refractivity contribution < 1.29 is 4.79 Å². The van der Waals surface area contributed by atoms with Crippen LogP contribution in [0.5, 0.6) is 0 Å². The Morgan fingerprint density at radius 2 is 1.68 bits per heavy atom. The zero-order valence-corrected chi connectivity index (χ0v) is 21.6. The Morgan fingerprint density at radius 3 is 2.46 bits per heavy atom. The maximum absolute atomic E-state index is 13.1. The van der Waals surface area contributed by atoms with Gasteiger partial charge in [-0.25, -0.2) is 0 Å². The summed E-state index contributed by atoms with van der Waals surface area (Å²) in [5, 5.41) is 17.1. The van der Waals surface area contributed by atoms with E-state index in [1.807, 2.05) is 49.4 Å². The van der Waals surface area contributed by atoms with Crippen molar-refractivity contribution >= 4 is 50.7 Å². The van der Waals surface area contributed by atoms with Gasteiger partial charge in [0.15, 0.2) is 5.84 Å². The second kappa shape index (κ2) is 9.01. The van der Waals surface area contributed by atoms with E-state index in [4.69, 9.17) is 5.41 Å². The lowest BCUT2D eigenvalue weighted by atomic mass is 10.1. The summed E-state index contributed by atoms with van der Waals surface area (Å²) < 4.78 is 2.27. The van der Waals surface area contributed by atoms with Crippen molar-refractivity contribution in [3.8, 4) is 0 Å². The molecule has 1 N–H and O–H groups in total. The van der Waals surface area contributed by atoms with Crippen molar-refractivity contribution in [2.24, 2.45) is 10.1 Å². The third-order valence-corrected chi connectivity index (χ3v) is 7.87. The molecule has 0 atom stereocenters. The Morgan fingerprint density at radius 1 is 0.946 bits per heavy atom. The van der Waals surface area contributed by atoms with Gasteiger partial charge in [-0.15, -0.1) is 0 Å². The van der Waals surface area contributed by atoms with Gasteiger partial charge in [-0.1, -0.05) is 72.3 Å². The van der Waals surface area contributed by atoms with Crippen molar-refractivity contribution in [3.63, 3.8) is 0 Å². The number of hydrogen-bond acceptors (Lipinski definition) is 4. The van der Waals surface area contributed by atoms with Gasteiger partial charge >= 0.3 is 0 Å². The van der Waals surface area contributed by atoms with Crippen LogP contribution in [0.1, 0.15) is 33.5 Å². The Labute approximate surface area is 219 Å². The van der Waals surface area contributed by atoms with E-state index in [0.29, 0.717) is 5.17 Å². The van der Waals surface area contributed by atoms with E-state index in [-0.39, 0.29) is 11.4 Å². The summed E-state index contributed by atoms with van der Waals surface area (Å²) in [6.07, 6.45) is 1.81. The molecule has 4 aromatic rings. The molecule has 6 rings (SSSR count). The van der Waals surface area contributed by atoms with E-state index < -0.39 is 5.91 Å². The number of carbonyl (C=O) groups excluding carboxylic acids is 1. The zero-order valence-electron chi connectivity index (χ0n) is 20.8. The van der Waals surface area contributed by atoms with E-state index >= 15 is 0 Å². The zero-order chi connectivity index (χ0) is 25.7. The third kappa shape index (κ3) is 4.01. The molecule has 2 aliphatic heterocycles. The van der Waals surface area contributed by atoms with E-state index in [9.17, 15) is 4.79 Å². The fourth-order valence-corrected chi connectivity index (χ4v) is 5.65. The van der Waals surface area contributed by atoms with Crippen molar-refractivity contribution in [1.29, 1.82) is 5.41 Å². The van der Waals surface area contributed by atoms with Gasteiger partial charge in [0.1, 0.15) is 5.04 Å². The molecular weight excluding hydrogens is 478 g/mol. The maximum Gasteiger partial charge on any atom is 0.283 e. The highest BCUT2D eigenvalue weighted by Crippen LogP contribution is 2.33. The smallest absolute Gasteiger partial charge is 0.283 e. The number of para-hydroxylation sites is 1. The first-order valence-electron chi connectivity index (χ1n) is 12.1. The second-order valence-corrected chi connectivity index (χ2v) is 10.3. The molecule has 182 valence electrons. The molecule has 0 radical (unpaired) electrons. The highest BCUT2D eigenvalue weighted by Gasteiger charge is 2.36. The van der Waals surface area contributed by atoms with E-state index in [1.165, 1.54) is 27.9 Å². The summed E-state index contributed by atoms with van der Waals surface area (Å²) in [6.45, 7) is 6.95. The third-order valence-electron chi connectivity index (χ3n) is 6.91. The van der Waals surface area contributed by atoms with Gasteiger partial charge in [-0.2, -0.15) is 15.1 Å². The summed E-state index contributed by atoms with van der Waals surface area (Å²) >= 11 is 1.31. The number of benzene rings is 3. The molecule has 0 aliphatic carbocycles. The molecule has 0 fully saturated rings. The normalized spacial score (nSPS) is 16.4. The molecule has 3 heterocycles. The molecule has 0 saturated carbocycles. The highest BCUT2D eigenvalue weighted by atomic mass is 32.2. The molecule has 0 saturated heterocycles. The first-order valence-corrected chi connectivity index (χ1v) is 12.9. The minimum absolute atomic E-state index is 0.0414. The molecule has 1 aromatic heterocycles. The lowest BCUT2D eigenvalue weighted by Gasteiger charge is -2.20. The molecule has 0 spiro atoms. The van der Waals surface area contributed by atoms with Crippen LogP contribution in [0.4, 0.5) is 0 Å². The maximum atomic E-state index is 13.1. The quantitative estimate of drug-likeness (QED) is 0.333. The standard InChI is InChI=1S/C30H25N5OS/c1-18-12-14-21(15-13-18)29-33-35-27(31)25(28(36)32-30(35)37-29)16-24-20(3)34(26-11-7-6-10-23(24)26)17-22-9-5-4-8-19(22)2/h4-16,31H,17H2,1-3H3/b25-16-,31-27?. The van der Waals surface area contributed by atoms with Crippen molar-refractivity contribution in [2.45, 2.75) is 27.3 Å². The van der Waals surface area contributed by atoms with Gasteiger partial charge in [0.2, 0.25) is 5.17 Å². The van der Waals surface area contributed by atoms with Crippen LogP contribution in [0.3, 0.4) is 0 Å². The van der Waals surface area contributed by atoms with E-state index in [0.717, 1.165) is 44.9 Å². The van der Waals surface area contributed by atoms with E-state index in [1.54, 1.807) is 6.08 Å². The van der Waals surface area contributed by atoms with Crippen LogP contribution in [-0.4, -0.2) is 31.5 Å². The number of thioether (sulfide) groups is 1. The number of nitrogens with one attached hydrogen (secondary N) is 1. The first kappa shape index (κ1) is 23.2. The Bertz CT molecular complexity index is 1690. The van der Waals surface area contributed by atoms with Crippen LogP contribution in [-0.2, 0) is 11.3 Å². The molecule has 7 heteroatoms. The topological polar surface area (TPSA) is 73.8 Å². The SMILES string of the molecule is Cc1ccc(C2=NN3C(=N)/C(=C/c4c(C)n(Cc5ccccc5C)c5ccccc45)C(=O)N=C3S2)cc1. The number of amides is 1. The summed E-state index contributed by atoms with van der Waals surface area (Å²) in [5.74, 6) is -0.376. The number of amidine groups is 2. The van der Waals surface area contributed by atoms with Crippen molar-refractivity contribution in [1.82, 2.24) is 9.58 Å². The Balaban J connectivity index is 1.41. The monoisotopic (exact) mass is 503 g/mol. The van der Waals surface area contributed by atoms with Crippen molar-refractivity contribution in [3.05, 3.63) is 112 Å². The highest BCUT2D eigenvalue weighted by molar-refractivity contribution is 8.27. The van der Waals surface area contributed by atoms with Gasteiger partial charge in [-0.3, -0.25) is 10.2 Å². The lowest BCUT2D eigenvalue weighted by molar-refractivity contribution is -0.114. The number of aromatic nitrogens is 1. The Kier molecular flexibility index (Phi) is 5.65. The summed E-state index contributed by atoms with van der Waals surface area (Å²) in [4.78, 5) is 17.4. The number of rotatable bonds is 4. The molecule has 6 nitrogen and oxygen atoms in total. The average molecular weight is 504 g/mol. The first-order chi connectivity index (χ1) is 17.9. The fourth-order valence-electron chi connectivity index (χ4n) is 4.75. The number of carbonyl (C=O) groups is 1. The largest absolute Gasteiger partial charge is 0.340 e. The van der Waals surface area contributed by atoms with Crippen LogP contribution in [0.15, 0.2) is 88.5 Å². The Hall–Kier alpha value is -4.23. The van der Waals surface area contributed by atoms with Crippen LogP contribution >= 0.6 is 11.8 Å². The van der Waals surface area contributed by atoms with Gasteiger partial charge in [0.25, 0.3) is 5.91 Å². The van der Waals surface area contributed by atoms with Crippen LogP contribution < -0.4 is 0 Å². The molecule has 3 aromatic carbocycles. The summed E-state index contributed by atoms with van der Waals surface area (Å²) in [6, 6.07) is 24.6. The predicted octanol–water partition coefficient (Wildman–Crippen LogP) is 6.28. The number of fused-ring (bicyclic) bond motifs is 2. The second-order valence-electron chi connectivity index (χ2n) is 9.32. The number of hydrazone groups is 1.